The Morgan fingerprint density at radius 2 is 1.85 bits per heavy atom. The van der Waals surface area contributed by atoms with Gasteiger partial charge in [-0.15, -0.1) is 0 Å². The summed E-state index contributed by atoms with van der Waals surface area (Å²) in [4.78, 5) is 38.5. The number of fused-ring (bicyclic) bond motifs is 1. The molecule has 2 aromatic rings. The lowest BCUT2D eigenvalue weighted by Gasteiger charge is -2.43. The number of amides is 1. The topological polar surface area (TPSA) is 116 Å². The highest BCUT2D eigenvalue weighted by atomic mass is 32.2. The summed E-state index contributed by atoms with van der Waals surface area (Å²) in [6, 6.07) is 3.57. The third-order valence-corrected chi connectivity index (χ3v) is 6.48. The Morgan fingerprint density at radius 1 is 1.12 bits per heavy atom. The predicted molar refractivity (Wildman–Crippen MR) is 93.7 cm³/mol. The van der Waals surface area contributed by atoms with Crippen molar-refractivity contribution in [3.05, 3.63) is 52.7 Å². The highest BCUT2D eigenvalue weighted by molar-refractivity contribution is 7.91. The molecule has 0 aliphatic carbocycles. The quantitative estimate of drug-likeness (QED) is 0.737. The Labute approximate surface area is 149 Å². The number of sulfone groups is 1. The van der Waals surface area contributed by atoms with Crippen LogP contribution in [0.3, 0.4) is 0 Å². The Kier molecular flexibility index (Phi) is 3.98. The maximum Gasteiger partial charge on any atom is 0.255 e. The van der Waals surface area contributed by atoms with Crippen molar-refractivity contribution in [3.63, 3.8) is 0 Å². The number of hydrogen-bond donors (Lipinski definition) is 1. The second-order valence-corrected chi connectivity index (χ2v) is 8.55. The van der Waals surface area contributed by atoms with Gasteiger partial charge in [0.1, 0.15) is 0 Å². The van der Waals surface area contributed by atoms with Gasteiger partial charge in [-0.2, -0.15) is 0 Å². The van der Waals surface area contributed by atoms with E-state index < -0.39 is 15.9 Å². The van der Waals surface area contributed by atoms with Gasteiger partial charge < -0.3 is 14.8 Å². The van der Waals surface area contributed by atoms with Gasteiger partial charge in [0.2, 0.25) is 11.5 Å². The minimum atomic E-state index is -3.27. The van der Waals surface area contributed by atoms with Crippen LogP contribution < -0.4 is 10.5 Å². The minimum absolute atomic E-state index is 0.0364. The van der Waals surface area contributed by atoms with Gasteiger partial charge in [-0.05, 0) is 12.1 Å². The number of rotatable bonds is 2. The maximum atomic E-state index is 12.9. The lowest BCUT2D eigenvalue weighted by Crippen LogP contribution is -2.61. The number of nitrogens with one attached hydrogen (secondary N) is 1. The number of anilines is 1. The monoisotopic (exact) mass is 375 g/mol. The Balaban J connectivity index is 1.66. The van der Waals surface area contributed by atoms with Crippen molar-refractivity contribution in [1.82, 2.24) is 19.9 Å². The third-order valence-electron chi connectivity index (χ3n) is 4.78. The SMILES string of the molecule is O=C(c1ccc(=O)[nH]c1)N1CCN(c2ncccn2)[C@@H]2CS(=O)(=O)C[C@@H]21. The first-order valence-corrected chi connectivity index (χ1v) is 10.0. The molecule has 4 heterocycles. The Morgan fingerprint density at radius 3 is 2.54 bits per heavy atom. The normalized spacial score (nSPS) is 24.3. The van der Waals surface area contributed by atoms with Crippen LogP contribution in [-0.2, 0) is 9.84 Å². The van der Waals surface area contributed by atoms with E-state index in [1.165, 1.54) is 18.3 Å². The van der Waals surface area contributed by atoms with Gasteiger partial charge in [0.15, 0.2) is 9.84 Å². The molecule has 2 aliphatic heterocycles. The summed E-state index contributed by atoms with van der Waals surface area (Å²) in [7, 11) is -3.27. The van der Waals surface area contributed by atoms with Gasteiger partial charge in [-0.3, -0.25) is 9.59 Å². The van der Waals surface area contributed by atoms with Crippen LogP contribution in [0.25, 0.3) is 0 Å². The molecular weight excluding hydrogens is 358 g/mol. The molecule has 1 amide bonds. The maximum absolute atomic E-state index is 12.9. The first-order chi connectivity index (χ1) is 12.4. The van der Waals surface area contributed by atoms with E-state index in [9.17, 15) is 18.0 Å². The number of piperazine rings is 1. The highest BCUT2D eigenvalue weighted by Gasteiger charge is 2.48. The van der Waals surface area contributed by atoms with Crippen LogP contribution in [0.1, 0.15) is 10.4 Å². The van der Waals surface area contributed by atoms with E-state index in [-0.39, 0.29) is 29.0 Å². The molecule has 4 rings (SSSR count). The van der Waals surface area contributed by atoms with E-state index in [1.54, 1.807) is 23.4 Å². The molecule has 1 N–H and O–H groups in total. The van der Waals surface area contributed by atoms with Crippen molar-refractivity contribution in [1.29, 1.82) is 0 Å². The minimum Gasteiger partial charge on any atom is -0.333 e. The molecule has 2 atom stereocenters. The molecule has 10 heteroatoms. The lowest BCUT2D eigenvalue weighted by atomic mass is 10.0. The van der Waals surface area contributed by atoms with Gasteiger partial charge in [0.25, 0.3) is 5.91 Å². The zero-order chi connectivity index (χ0) is 18.3. The molecule has 26 heavy (non-hydrogen) atoms. The van der Waals surface area contributed by atoms with E-state index >= 15 is 0 Å². The molecule has 2 fully saturated rings. The summed E-state index contributed by atoms with van der Waals surface area (Å²) in [6.07, 6.45) is 4.58. The van der Waals surface area contributed by atoms with Crippen LogP contribution in [0, 0.1) is 0 Å². The van der Waals surface area contributed by atoms with Crippen molar-refractivity contribution < 1.29 is 13.2 Å². The van der Waals surface area contributed by atoms with E-state index in [0.29, 0.717) is 24.6 Å². The zero-order valence-electron chi connectivity index (χ0n) is 13.8. The van der Waals surface area contributed by atoms with Gasteiger partial charge >= 0.3 is 0 Å². The predicted octanol–water partition coefficient (Wildman–Crippen LogP) is -0.707. The van der Waals surface area contributed by atoms with E-state index in [2.05, 4.69) is 15.0 Å². The van der Waals surface area contributed by atoms with Crippen LogP contribution in [0.4, 0.5) is 5.95 Å². The molecule has 2 aromatic heterocycles. The van der Waals surface area contributed by atoms with Crippen molar-refractivity contribution in [3.8, 4) is 0 Å². The molecule has 0 bridgehead atoms. The molecule has 2 saturated heterocycles. The number of aromatic amines is 1. The van der Waals surface area contributed by atoms with E-state index in [0.717, 1.165) is 0 Å². The Bertz CT molecular complexity index is 971. The summed E-state index contributed by atoms with van der Waals surface area (Å²) in [5.74, 6) is 0.0549. The fourth-order valence-corrected chi connectivity index (χ4v) is 5.58. The first kappa shape index (κ1) is 16.7. The number of pyridine rings is 1. The number of aromatic nitrogens is 3. The van der Waals surface area contributed by atoms with Gasteiger partial charge in [-0.25, -0.2) is 18.4 Å². The largest absolute Gasteiger partial charge is 0.333 e. The smallest absolute Gasteiger partial charge is 0.255 e. The molecular formula is C16H17N5O4S. The summed E-state index contributed by atoms with van der Waals surface area (Å²) in [6.45, 7) is 0.794. The van der Waals surface area contributed by atoms with Crippen molar-refractivity contribution in [2.75, 3.05) is 29.5 Å². The van der Waals surface area contributed by atoms with Gasteiger partial charge in [0.05, 0.1) is 29.2 Å². The molecule has 0 radical (unpaired) electrons. The van der Waals surface area contributed by atoms with Crippen molar-refractivity contribution in [2.24, 2.45) is 0 Å². The molecule has 2 aliphatic rings. The van der Waals surface area contributed by atoms with Crippen molar-refractivity contribution in [2.45, 2.75) is 12.1 Å². The molecule has 136 valence electrons. The molecule has 0 unspecified atom stereocenters. The number of nitrogens with zero attached hydrogens (tertiary/aromatic N) is 4. The van der Waals surface area contributed by atoms with E-state index in [4.69, 9.17) is 0 Å². The molecule has 0 aromatic carbocycles. The van der Waals surface area contributed by atoms with E-state index in [1.807, 2.05) is 4.90 Å². The fourth-order valence-electron chi connectivity index (χ4n) is 3.60. The van der Waals surface area contributed by atoms with Crippen molar-refractivity contribution >= 4 is 21.7 Å². The molecule has 0 saturated carbocycles. The van der Waals surface area contributed by atoms with Crippen LogP contribution >= 0.6 is 0 Å². The number of H-pyrrole nitrogens is 1. The second-order valence-electron chi connectivity index (χ2n) is 6.39. The third kappa shape index (κ3) is 2.96. The molecule has 0 spiro atoms. The average molecular weight is 375 g/mol. The van der Waals surface area contributed by atoms with Crippen LogP contribution in [0.15, 0.2) is 41.6 Å². The average Bonchev–Trinajstić information content (AvgIpc) is 2.96. The standard InChI is InChI=1S/C16H17N5O4S/c22-14-3-2-11(8-19-14)15(23)20-6-7-21(16-17-4-1-5-18-16)13-10-26(24,25)9-12(13)20/h1-5,8,12-13H,6-7,9-10H2,(H,19,22)/t12-,13+/m0/s1. The number of carbonyl (C=O) groups excluding carboxylic acids is 1. The van der Waals surface area contributed by atoms with Crippen LogP contribution in [0.5, 0.6) is 0 Å². The summed E-state index contributed by atoms with van der Waals surface area (Å²) in [5.41, 5.74) is 0.0333. The summed E-state index contributed by atoms with van der Waals surface area (Å²) < 4.78 is 24.5. The fraction of sp³-hybridized carbons (Fsp3) is 0.375. The zero-order valence-corrected chi connectivity index (χ0v) is 14.6. The van der Waals surface area contributed by atoms with Gasteiger partial charge in [-0.1, -0.05) is 0 Å². The Hall–Kier alpha value is -2.75. The van der Waals surface area contributed by atoms with Crippen LogP contribution in [0.2, 0.25) is 0 Å². The summed E-state index contributed by atoms with van der Waals surface area (Å²) >= 11 is 0. The molecule has 9 nitrogen and oxygen atoms in total. The lowest BCUT2D eigenvalue weighted by molar-refractivity contribution is 0.0647. The van der Waals surface area contributed by atoms with Crippen LogP contribution in [-0.4, -0.2) is 70.9 Å². The summed E-state index contributed by atoms with van der Waals surface area (Å²) in [5, 5.41) is 0. The van der Waals surface area contributed by atoms with Gasteiger partial charge in [0, 0.05) is 37.7 Å². The number of hydrogen-bond acceptors (Lipinski definition) is 7. The highest BCUT2D eigenvalue weighted by Crippen LogP contribution is 2.30. The first-order valence-electron chi connectivity index (χ1n) is 8.18. The second kappa shape index (κ2) is 6.20. The number of carbonyl (C=O) groups is 1.